The standard InChI is InChI=1S/C17H16F2O/c18-15-7-1-12(2-8-15)11-17(20,13-3-4-13)14-5-9-16(19)10-6-14/h1-2,5-10,13,20H,3-4,11H2. The summed E-state index contributed by atoms with van der Waals surface area (Å²) in [5.74, 6) is -0.405. The molecule has 0 aromatic heterocycles. The Kier molecular flexibility index (Phi) is 3.30. The third-order valence-corrected chi connectivity index (χ3v) is 3.98. The maximum absolute atomic E-state index is 13.0. The van der Waals surface area contributed by atoms with Crippen LogP contribution < -0.4 is 0 Å². The molecule has 0 saturated heterocycles. The lowest BCUT2D eigenvalue weighted by Gasteiger charge is -2.29. The van der Waals surface area contributed by atoms with Gasteiger partial charge in [-0.1, -0.05) is 24.3 Å². The summed E-state index contributed by atoms with van der Waals surface area (Å²) in [7, 11) is 0. The summed E-state index contributed by atoms with van der Waals surface area (Å²) in [5, 5.41) is 11.0. The lowest BCUT2D eigenvalue weighted by Crippen LogP contribution is -2.31. The fourth-order valence-electron chi connectivity index (χ4n) is 2.69. The van der Waals surface area contributed by atoms with Gasteiger partial charge in [-0.25, -0.2) is 8.78 Å². The van der Waals surface area contributed by atoms with E-state index in [2.05, 4.69) is 0 Å². The molecule has 0 heterocycles. The fourth-order valence-corrected chi connectivity index (χ4v) is 2.69. The molecule has 0 bridgehead atoms. The van der Waals surface area contributed by atoms with E-state index in [1.807, 2.05) is 0 Å². The number of hydrogen-bond acceptors (Lipinski definition) is 1. The highest BCUT2D eigenvalue weighted by molar-refractivity contribution is 5.29. The normalized spacial score (nSPS) is 17.8. The van der Waals surface area contributed by atoms with Gasteiger partial charge in [0.15, 0.2) is 0 Å². The summed E-state index contributed by atoms with van der Waals surface area (Å²) in [6.07, 6.45) is 2.35. The molecule has 0 spiro atoms. The summed E-state index contributed by atoms with van der Waals surface area (Å²) in [6, 6.07) is 12.2. The van der Waals surface area contributed by atoms with Crippen LogP contribution >= 0.6 is 0 Å². The van der Waals surface area contributed by atoms with Crippen molar-refractivity contribution in [2.24, 2.45) is 5.92 Å². The molecular formula is C17H16F2O. The van der Waals surface area contributed by atoms with Gasteiger partial charge >= 0.3 is 0 Å². The van der Waals surface area contributed by atoms with E-state index in [1.54, 1.807) is 24.3 Å². The largest absolute Gasteiger partial charge is 0.385 e. The van der Waals surface area contributed by atoms with E-state index in [4.69, 9.17) is 0 Å². The second-order valence-corrected chi connectivity index (χ2v) is 5.51. The molecule has 1 aliphatic carbocycles. The van der Waals surface area contributed by atoms with Crippen LogP contribution in [0.5, 0.6) is 0 Å². The molecule has 0 amide bonds. The molecule has 0 radical (unpaired) electrons. The van der Waals surface area contributed by atoms with Gasteiger partial charge in [-0.2, -0.15) is 0 Å². The van der Waals surface area contributed by atoms with Crippen molar-refractivity contribution >= 4 is 0 Å². The number of aliphatic hydroxyl groups is 1. The van der Waals surface area contributed by atoms with E-state index in [0.717, 1.165) is 24.0 Å². The van der Waals surface area contributed by atoms with Crippen LogP contribution in [0.2, 0.25) is 0 Å². The minimum atomic E-state index is -0.995. The van der Waals surface area contributed by atoms with Crippen molar-refractivity contribution in [3.63, 3.8) is 0 Å². The molecule has 2 aromatic rings. The Balaban J connectivity index is 1.91. The molecule has 0 aliphatic heterocycles. The molecule has 3 rings (SSSR count). The first kappa shape index (κ1) is 13.3. The quantitative estimate of drug-likeness (QED) is 0.899. The lowest BCUT2D eigenvalue weighted by molar-refractivity contribution is 0.0130. The van der Waals surface area contributed by atoms with E-state index in [-0.39, 0.29) is 17.6 Å². The second kappa shape index (κ2) is 4.98. The van der Waals surface area contributed by atoms with E-state index in [9.17, 15) is 13.9 Å². The highest BCUT2D eigenvalue weighted by Gasteiger charge is 2.44. The third-order valence-electron chi connectivity index (χ3n) is 3.98. The van der Waals surface area contributed by atoms with Crippen molar-refractivity contribution in [3.05, 3.63) is 71.3 Å². The summed E-state index contributed by atoms with van der Waals surface area (Å²) in [5.41, 5.74) is 0.613. The molecule has 1 atom stereocenters. The monoisotopic (exact) mass is 274 g/mol. The second-order valence-electron chi connectivity index (χ2n) is 5.51. The van der Waals surface area contributed by atoms with E-state index >= 15 is 0 Å². The Labute approximate surface area is 116 Å². The zero-order valence-electron chi connectivity index (χ0n) is 11.0. The van der Waals surface area contributed by atoms with Crippen LogP contribution in [0.15, 0.2) is 48.5 Å². The predicted molar refractivity (Wildman–Crippen MR) is 73.1 cm³/mol. The number of benzene rings is 2. The Hall–Kier alpha value is -1.74. The Morgan fingerprint density at radius 1 is 0.900 bits per heavy atom. The molecule has 1 aliphatic rings. The van der Waals surface area contributed by atoms with Gasteiger partial charge in [-0.05, 0) is 54.2 Å². The molecule has 1 N–H and O–H groups in total. The summed E-state index contributed by atoms with van der Waals surface area (Å²) in [6.45, 7) is 0. The molecule has 1 saturated carbocycles. The predicted octanol–water partition coefficient (Wildman–Crippen LogP) is 3.81. The molecular weight excluding hydrogens is 258 g/mol. The van der Waals surface area contributed by atoms with Gasteiger partial charge in [0.25, 0.3) is 0 Å². The van der Waals surface area contributed by atoms with Gasteiger partial charge in [0, 0.05) is 6.42 Å². The van der Waals surface area contributed by atoms with Gasteiger partial charge in [0.1, 0.15) is 11.6 Å². The highest BCUT2D eigenvalue weighted by atomic mass is 19.1. The number of halogens is 2. The number of hydrogen-bond donors (Lipinski definition) is 1. The van der Waals surface area contributed by atoms with Gasteiger partial charge in [-0.3, -0.25) is 0 Å². The molecule has 2 aromatic carbocycles. The van der Waals surface area contributed by atoms with Crippen molar-refractivity contribution in [3.8, 4) is 0 Å². The first-order valence-corrected chi connectivity index (χ1v) is 6.81. The van der Waals surface area contributed by atoms with Crippen LogP contribution in [0.25, 0.3) is 0 Å². The SMILES string of the molecule is OC(Cc1ccc(F)cc1)(c1ccc(F)cc1)C1CC1. The van der Waals surface area contributed by atoms with E-state index in [1.165, 1.54) is 24.3 Å². The zero-order chi connectivity index (χ0) is 14.2. The first-order chi connectivity index (χ1) is 9.58. The van der Waals surface area contributed by atoms with Gasteiger partial charge in [0.05, 0.1) is 5.60 Å². The van der Waals surface area contributed by atoms with E-state index in [0.29, 0.717) is 6.42 Å². The Morgan fingerprint density at radius 2 is 1.40 bits per heavy atom. The van der Waals surface area contributed by atoms with Crippen molar-refractivity contribution in [2.45, 2.75) is 24.9 Å². The van der Waals surface area contributed by atoms with Crippen LogP contribution in [0.3, 0.4) is 0 Å². The molecule has 104 valence electrons. The molecule has 1 nitrogen and oxygen atoms in total. The summed E-state index contributed by atoms with van der Waals surface area (Å²) < 4.78 is 26.0. The third kappa shape index (κ3) is 2.59. The summed E-state index contributed by atoms with van der Waals surface area (Å²) in [4.78, 5) is 0. The molecule has 3 heteroatoms. The zero-order valence-corrected chi connectivity index (χ0v) is 11.0. The van der Waals surface area contributed by atoms with Crippen LogP contribution in [0.1, 0.15) is 24.0 Å². The first-order valence-electron chi connectivity index (χ1n) is 6.81. The van der Waals surface area contributed by atoms with Crippen LogP contribution in [0.4, 0.5) is 8.78 Å². The summed E-state index contributed by atoms with van der Waals surface area (Å²) >= 11 is 0. The van der Waals surface area contributed by atoms with Crippen molar-refractivity contribution < 1.29 is 13.9 Å². The van der Waals surface area contributed by atoms with Crippen molar-refractivity contribution in [1.29, 1.82) is 0 Å². The fraction of sp³-hybridized carbons (Fsp3) is 0.294. The average Bonchev–Trinajstić information content (AvgIpc) is 3.27. The maximum Gasteiger partial charge on any atom is 0.123 e. The van der Waals surface area contributed by atoms with Gasteiger partial charge in [-0.15, -0.1) is 0 Å². The average molecular weight is 274 g/mol. The van der Waals surface area contributed by atoms with Crippen LogP contribution in [-0.2, 0) is 12.0 Å². The minimum Gasteiger partial charge on any atom is -0.385 e. The van der Waals surface area contributed by atoms with Gasteiger partial charge < -0.3 is 5.11 Å². The van der Waals surface area contributed by atoms with Gasteiger partial charge in [0.2, 0.25) is 0 Å². The van der Waals surface area contributed by atoms with Crippen molar-refractivity contribution in [2.75, 3.05) is 0 Å². The Morgan fingerprint density at radius 3 is 1.90 bits per heavy atom. The maximum atomic E-state index is 13.0. The molecule has 1 unspecified atom stereocenters. The smallest absolute Gasteiger partial charge is 0.123 e. The highest BCUT2D eigenvalue weighted by Crippen LogP contribution is 2.47. The van der Waals surface area contributed by atoms with Crippen molar-refractivity contribution in [1.82, 2.24) is 0 Å². The van der Waals surface area contributed by atoms with E-state index < -0.39 is 5.60 Å². The minimum absolute atomic E-state index is 0.193. The Bertz CT molecular complexity index is 587. The lowest BCUT2D eigenvalue weighted by atomic mass is 9.83. The number of rotatable bonds is 4. The van der Waals surface area contributed by atoms with Crippen LogP contribution in [0, 0.1) is 17.6 Å². The molecule has 20 heavy (non-hydrogen) atoms. The molecule has 1 fully saturated rings. The van der Waals surface area contributed by atoms with Crippen LogP contribution in [-0.4, -0.2) is 5.11 Å². The topological polar surface area (TPSA) is 20.2 Å².